The van der Waals surface area contributed by atoms with E-state index in [1.54, 1.807) is 14.0 Å². The van der Waals surface area contributed by atoms with Gasteiger partial charge < -0.3 is 10.5 Å². The summed E-state index contributed by atoms with van der Waals surface area (Å²) in [5, 5.41) is 0. The van der Waals surface area contributed by atoms with Crippen molar-refractivity contribution < 1.29 is 9.53 Å². The summed E-state index contributed by atoms with van der Waals surface area (Å²) in [7, 11) is 2.90. The third-order valence-corrected chi connectivity index (χ3v) is 1.14. The van der Waals surface area contributed by atoms with Gasteiger partial charge in [0.05, 0.1) is 7.11 Å². The molecule has 0 unspecified atom stereocenters. The number of esters is 1. The molecule has 0 amide bonds. The lowest BCUT2D eigenvalue weighted by Crippen LogP contribution is -2.13. The van der Waals surface area contributed by atoms with Crippen LogP contribution < -0.4 is 5.73 Å². The maximum absolute atomic E-state index is 10.7. The Hall–Kier alpha value is -1.32. The van der Waals surface area contributed by atoms with Crippen LogP contribution in [0.15, 0.2) is 16.8 Å². The molecular weight excluding hydrogens is 144 g/mol. The number of carbonyl (C=O) groups is 1. The number of methoxy groups -OCH3 is 1. The quantitative estimate of drug-likeness (QED) is 0.350. The standard InChI is InChI=1S/C7H12N2O2/c1-5(9-2)4-6(8)7(10)11-3/h4H,8H2,1-3H3. The molecule has 0 atom stereocenters. The SMILES string of the molecule is CN=C(C)C=C(N)C(=O)OC. The van der Waals surface area contributed by atoms with Gasteiger partial charge in [0, 0.05) is 12.8 Å². The minimum Gasteiger partial charge on any atom is -0.464 e. The number of carbonyl (C=O) groups excluding carboxylic acids is 1. The molecule has 0 heterocycles. The second-order valence-electron chi connectivity index (χ2n) is 1.96. The van der Waals surface area contributed by atoms with Crippen LogP contribution in [0.3, 0.4) is 0 Å². The first-order valence-corrected chi connectivity index (χ1v) is 3.10. The summed E-state index contributed by atoms with van der Waals surface area (Å²) in [5.41, 5.74) is 6.06. The monoisotopic (exact) mass is 156 g/mol. The summed E-state index contributed by atoms with van der Waals surface area (Å²) in [5.74, 6) is -0.534. The predicted octanol–water partition coefficient (Wildman–Crippen LogP) is 0.0927. The van der Waals surface area contributed by atoms with Crippen molar-refractivity contribution in [3.63, 3.8) is 0 Å². The van der Waals surface area contributed by atoms with Gasteiger partial charge >= 0.3 is 5.97 Å². The third-order valence-electron chi connectivity index (χ3n) is 1.14. The number of hydrogen-bond donors (Lipinski definition) is 1. The lowest BCUT2D eigenvalue weighted by atomic mass is 10.3. The molecule has 0 aromatic heterocycles. The summed E-state index contributed by atoms with van der Waals surface area (Å²) in [6, 6.07) is 0. The zero-order valence-corrected chi connectivity index (χ0v) is 6.92. The zero-order valence-electron chi connectivity index (χ0n) is 6.92. The van der Waals surface area contributed by atoms with Crippen LogP contribution in [0.25, 0.3) is 0 Å². The molecule has 0 spiro atoms. The Bertz CT molecular complexity index is 206. The van der Waals surface area contributed by atoms with Crippen molar-refractivity contribution in [1.29, 1.82) is 0 Å². The summed E-state index contributed by atoms with van der Waals surface area (Å²) >= 11 is 0. The average Bonchev–Trinajstić information content (AvgIpc) is 2.02. The molecule has 2 N–H and O–H groups in total. The van der Waals surface area contributed by atoms with Crippen molar-refractivity contribution in [2.24, 2.45) is 10.7 Å². The van der Waals surface area contributed by atoms with E-state index < -0.39 is 5.97 Å². The average molecular weight is 156 g/mol. The maximum atomic E-state index is 10.7. The molecule has 0 aliphatic carbocycles. The van der Waals surface area contributed by atoms with E-state index in [2.05, 4.69) is 9.73 Å². The zero-order chi connectivity index (χ0) is 8.85. The Balaban J connectivity index is 4.34. The van der Waals surface area contributed by atoms with E-state index in [1.165, 1.54) is 13.2 Å². The largest absolute Gasteiger partial charge is 0.464 e. The van der Waals surface area contributed by atoms with Crippen LogP contribution in [0.1, 0.15) is 6.92 Å². The maximum Gasteiger partial charge on any atom is 0.353 e. The van der Waals surface area contributed by atoms with E-state index in [9.17, 15) is 4.79 Å². The molecule has 4 nitrogen and oxygen atoms in total. The number of aliphatic imine (C=N–C) groups is 1. The first-order chi connectivity index (χ1) is 5.11. The second-order valence-corrected chi connectivity index (χ2v) is 1.96. The van der Waals surface area contributed by atoms with Gasteiger partial charge in [-0.1, -0.05) is 0 Å². The summed E-state index contributed by atoms with van der Waals surface area (Å²) < 4.78 is 4.37. The van der Waals surface area contributed by atoms with Gasteiger partial charge in [0.15, 0.2) is 0 Å². The number of rotatable bonds is 2. The van der Waals surface area contributed by atoms with E-state index in [-0.39, 0.29) is 5.70 Å². The molecule has 0 aliphatic heterocycles. The minimum atomic E-state index is -0.534. The van der Waals surface area contributed by atoms with E-state index in [4.69, 9.17) is 5.73 Å². The van der Waals surface area contributed by atoms with Crippen LogP contribution in [0, 0.1) is 0 Å². The van der Waals surface area contributed by atoms with Crippen molar-refractivity contribution in [2.45, 2.75) is 6.92 Å². The fraction of sp³-hybridized carbons (Fsp3) is 0.429. The van der Waals surface area contributed by atoms with Crippen molar-refractivity contribution in [3.05, 3.63) is 11.8 Å². The van der Waals surface area contributed by atoms with Gasteiger partial charge in [-0.25, -0.2) is 4.79 Å². The highest BCUT2D eigenvalue weighted by atomic mass is 16.5. The molecule has 0 radical (unpaired) electrons. The number of allylic oxidation sites excluding steroid dienone is 1. The smallest absolute Gasteiger partial charge is 0.353 e. The van der Waals surface area contributed by atoms with Crippen molar-refractivity contribution >= 4 is 11.7 Å². The van der Waals surface area contributed by atoms with Gasteiger partial charge in [0.25, 0.3) is 0 Å². The summed E-state index contributed by atoms with van der Waals surface area (Å²) in [4.78, 5) is 14.5. The molecule has 0 aliphatic rings. The van der Waals surface area contributed by atoms with E-state index >= 15 is 0 Å². The minimum absolute atomic E-state index is 0.0654. The van der Waals surface area contributed by atoms with Gasteiger partial charge in [-0.2, -0.15) is 0 Å². The van der Waals surface area contributed by atoms with Crippen molar-refractivity contribution in [1.82, 2.24) is 0 Å². The van der Waals surface area contributed by atoms with Crippen LogP contribution in [0.5, 0.6) is 0 Å². The van der Waals surface area contributed by atoms with Crippen LogP contribution in [-0.4, -0.2) is 25.8 Å². The Morgan fingerprint density at radius 3 is 2.55 bits per heavy atom. The van der Waals surface area contributed by atoms with E-state index in [1.807, 2.05) is 0 Å². The second kappa shape index (κ2) is 4.49. The highest BCUT2D eigenvalue weighted by Gasteiger charge is 2.02. The highest BCUT2D eigenvalue weighted by molar-refractivity contribution is 6.00. The summed E-state index contributed by atoms with van der Waals surface area (Å²) in [6.07, 6.45) is 1.46. The van der Waals surface area contributed by atoms with Gasteiger partial charge in [-0.15, -0.1) is 0 Å². The first-order valence-electron chi connectivity index (χ1n) is 3.10. The number of nitrogens with two attached hydrogens (primary N) is 1. The molecule has 62 valence electrons. The summed E-state index contributed by atoms with van der Waals surface area (Å²) in [6.45, 7) is 1.75. The Kier molecular flexibility index (Phi) is 3.95. The number of nitrogens with zero attached hydrogens (tertiary/aromatic N) is 1. The lowest BCUT2D eigenvalue weighted by Gasteiger charge is -1.97. The van der Waals surface area contributed by atoms with E-state index in [0.29, 0.717) is 5.71 Å². The molecule has 0 bridgehead atoms. The van der Waals surface area contributed by atoms with Gasteiger partial charge in [-0.05, 0) is 13.0 Å². The van der Waals surface area contributed by atoms with Crippen molar-refractivity contribution in [2.75, 3.05) is 14.2 Å². The molecule has 0 saturated carbocycles. The lowest BCUT2D eigenvalue weighted by molar-refractivity contribution is -0.136. The van der Waals surface area contributed by atoms with E-state index in [0.717, 1.165) is 0 Å². The van der Waals surface area contributed by atoms with Crippen LogP contribution >= 0.6 is 0 Å². The van der Waals surface area contributed by atoms with Crippen LogP contribution in [0.4, 0.5) is 0 Å². The number of hydrogen-bond acceptors (Lipinski definition) is 4. The molecule has 11 heavy (non-hydrogen) atoms. The molecule has 0 saturated heterocycles. The molecule has 0 fully saturated rings. The fourth-order valence-electron chi connectivity index (χ4n) is 0.466. The molecule has 0 aromatic rings. The fourth-order valence-corrected chi connectivity index (χ4v) is 0.466. The van der Waals surface area contributed by atoms with Crippen LogP contribution in [-0.2, 0) is 9.53 Å². The number of ether oxygens (including phenoxy) is 1. The molecule has 0 rings (SSSR count). The Morgan fingerprint density at radius 1 is 1.64 bits per heavy atom. The molecular formula is C7H12N2O2. The highest BCUT2D eigenvalue weighted by Crippen LogP contribution is 1.89. The van der Waals surface area contributed by atoms with Crippen LogP contribution in [0.2, 0.25) is 0 Å². The molecule has 0 aromatic carbocycles. The first kappa shape index (κ1) is 9.68. The molecule has 4 heteroatoms. The van der Waals surface area contributed by atoms with Gasteiger partial charge in [0.2, 0.25) is 0 Å². The van der Waals surface area contributed by atoms with Gasteiger partial charge in [-0.3, -0.25) is 4.99 Å². The normalized spacial score (nSPS) is 13.0. The van der Waals surface area contributed by atoms with Gasteiger partial charge in [0.1, 0.15) is 5.70 Å². The topological polar surface area (TPSA) is 64.7 Å². The Labute approximate surface area is 65.7 Å². The predicted molar refractivity (Wildman–Crippen MR) is 43.3 cm³/mol. The van der Waals surface area contributed by atoms with Crippen molar-refractivity contribution in [3.8, 4) is 0 Å². The Morgan fingerprint density at radius 2 is 2.18 bits per heavy atom. The third kappa shape index (κ3) is 3.40.